The molecule has 1 amide bonds. The van der Waals surface area contributed by atoms with Gasteiger partial charge >= 0.3 is 0 Å². The number of carbonyl (C=O) groups is 1. The highest BCUT2D eigenvalue weighted by Crippen LogP contribution is 2.51. The standard InChI is InChI=1S/C15H15BrClF3N2OS/c16-11-2-1-10(5-12(11)18)24-22-4-3-14(15(19,20)9-22)7-21(8-14)13(23)6-17/h1-2,5H,3-4,6-9H2. The molecule has 0 bridgehead atoms. The maximum absolute atomic E-state index is 14.6. The van der Waals surface area contributed by atoms with E-state index in [-0.39, 0.29) is 31.3 Å². The minimum Gasteiger partial charge on any atom is -0.340 e. The fourth-order valence-electron chi connectivity index (χ4n) is 3.09. The molecule has 0 aromatic heterocycles. The number of alkyl halides is 3. The van der Waals surface area contributed by atoms with E-state index in [4.69, 9.17) is 11.6 Å². The number of piperidine rings is 1. The fraction of sp³-hybridized carbons (Fsp3) is 0.533. The first-order valence-electron chi connectivity index (χ1n) is 7.36. The van der Waals surface area contributed by atoms with E-state index in [0.29, 0.717) is 15.9 Å². The van der Waals surface area contributed by atoms with Crippen LogP contribution in [0.5, 0.6) is 0 Å². The van der Waals surface area contributed by atoms with Crippen molar-refractivity contribution in [2.45, 2.75) is 17.2 Å². The number of carbonyl (C=O) groups excluding carboxylic acids is 1. The summed E-state index contributed by atoms with van der Waals surface area (Å²) in [6, 6.07) is 4.56. The molecule has 9 heteroatoms. The molecule has 0 unspecified atom stereocenters. The molecule has 2 fully saturated rings. The molecular formula is C15H15BrClF3N2OS. The molecular weight excluding hydrogens is 429 g/mol. The summed E-state index contributed by atoms with van der Waals surface area (Å²) in [4.78, 5) is 13.5. The molecule has 0 N–H and O–H groups in total. The monoisotopic (exact) mass is 442 g/mol. The van der Waals surface area contributed by atoms with Crippen LogP contribution in [0.25, 0.3) is 0 Å². The SMILES string of the molecule is O=C(CCl)N1CC2(CCN(Sc3ccc(Br)c(F)c3)CC2(F)F)C1. The van der Waals surface area contributed by atoms with Crippen LogP contribution in [-0.2, 0) is 4.79 Å². The Hall–Kier alpha value is -0.440. The highest BCUT2D eigenvalue weighted by Gasteiger charge is 2.63. The van der Waals surface area contributed by atoms with Gasteiger partial charge < -0.3 is 4.90 Å². The second-order valence-electron chi connectivity index (χ2n) is 6.15. The number of halogens is 5. The van der Waals surface area contributed by atoms with Crippen LogP contribution in [0.4, 0.5) is 13.2 Å². The van der Waals surface area contributed by atoms with Gasteiger partial charge in [-0.25, -0.2) is 17.5 Å². The summed E-state index contributed by atoms with van der Waals surface area (Å²) in [5.74, 6) is -3.82. The van der Waals surface area contributed by atoms with Gasteiger partial charge in [0.15, 0.2) is 0 Å². The Morgan fingerprint density at radius 3 is 2.62 bits per heavy atom. The third-order valence-corrected chi connectivity index (χ3v) is 6.48. The summed E-state index contributed by atoms with van der Waals surface area (Å²) in [7, 11) is 0. The van der Waals surface area contributed by atoms with E-state index in [2.05, 4.69) is 15.9 Å². The lowest BCUT2D eigenvalue weighted by Gasteiger charge is -2.57. The molecule has 2 aliphatic rings. The second-order valence-corrected chi connectivity index (χ2v) is 8.44. The first-order valence-corrected chi connectivity index (χ1v) is 9.46. The van der Waals surface area contributed by atoms with Crippen LogP contribution in [0, 0.1) is 11.2 Å². The van der Waals surface area contributed by atoms with Crippen molar-refractivity contribution in [3.63, 3.8) is 0 Å². The smallest absolute Gasteiger partial charge is 0.270 e. The summed E-state index contributed by atoms with van der Waals surface area (Å²) in [5.41, 5.74) is -1.16. The summed E-state index contributed by atoms with van der Waals surface area (Å²) in [6.45, 7) is 0.146. The Balaban J connectivity index is 1.64. The predicted molar refractivity (Wildman–Crippen MR) is 90.8 cm³/mol. The minimum absolute atomic E-state index is 0.0526. The van der Waals surface area contributed by atoms with Gasteiger partial charge in [-0.05, 0) is 52.5 Å². The van der Waals surface area contributed by atoms with Crippen LogP contribution in [0.15, 0.2) is 27.6 Å². The molecule has 2 heterocycles. The van der Waals surface area contributed by atoms with Gasteiger partial charge in [0.25, 0.3) is 5.92 Å². The van der Waals surface area contributed by atoms with E-state index in [1.54, 1.807) is 16.4 Å². The number of hydrogen-bond acceptors (Lipinski definition) is 3. The topological polar surface area (TPSA) is 23.6 Å². The van der Waals surface area contributed by atoms with Crippen molar-refractivity contribution in [2.24, 2.45) is 5.41 Å². The summed E-state index contributed by atoms with van der Waals surface area (Å²) in [6.07, 6.45) is 0.290. The number of rotatable bonds is 3. The van der Waals surface area contributed by atoms with Crippen LogP contribution in [-0.4, -0.2) is 53.1 Å². The second kappa shape index (κ2) is 6.70. The Bertz CT molecular complexity index is 658. The van der Waals surface area contributed by atoms with Gasteiger partial charge in [0, 0.05) is 24.5 Å². The maximum Gasteiger partial charge on any atom is 0.270 e. The normalized spacial score (nSPS) is 22.5. The van der Waals surface area contributed by atoms with E-state index in [0.717, 1.165) is 11.9 Å². The van der Waals surface area contributed by atoms with Crippen LogP contribution in [0.2, 0.25) is 0 Å². The van der Waals surface area contributed by atoms with E-state index in [1.807, 2.05) is 0 Å². The van der Waals surface area contributed by atoms with Gasteiger partial charge in [-0.2, -0.15) is 0 Å². The molecule has 1 aromatic carbocycles. The zero-order chi connectivity index (χ0) is 17.5. The molecule has 1 aromatic rings. The maximum atomic E-state index is 14.6. The van der Waals surface area contributed by atoms with Crippen molar-refractivity contribution >= 4 is 45.4 Å². The van der Waals surface area contributed by atoms with Gasteiger partial charge in [0.1, 0.15) is 11.7 Å². The first kappa shape index (κ1) is 18.4. The summed E-state index contributed by atoms with van der Waals surface area (Å²) < 4.78 is 44.7. The zero-order valence-corrected chi connectivity index (χ0v) is 15.7. The van der Waals surface area contributed by atoms with Gasteiger partial charge in [-0.15, -0.1) is 11.6 Å². The molecule has 0 radical (unpaired) electrons. The van der Waals surface area contributed by atoms with E-state index < -0.39 is 23.7 Å². The average molecular weight is 444 g/mol. The lowest BCUT2D eigenvalue weighted by molar-refractivity contribution is -0.214. The lowest BCUT2D eigenvalue weighted by Crippen LogP contribution is -2.70. The largest absolute Gasteiger partial charge is 0.340 e. The fourth-order valence-corrected chi connectivity index (χ4v) is 4.49. The van der Waals surface area contributed by atoms with Crippen LogP contribution >= 0.6 is 39.5 Å². The lowest BCUT2D eigenvalue weighted by atomic mass is 9.69. The van der Waals surface area contributed by atoms with Crippen molar-refractivity contribution in [1.82, 2.24) is 9.21 Å². The minimum atomic E-state index is -2.91. The quantitative estimate of drug-likeness (QED) is 0.521. The summed E-state index contributed by atoms with van der Waals surface area (Å²) in [5, 5.41) is 0. The van der Waals surface area contributed by atoms with Gasteiger partial charge in [0.2, 0.25) is 5.91 Å². The Labute approximate surface area is 155 Å². The van der Waals surface area contributed by atoms with Crippen molar-refractivity contribution in [3.05, 3.63) is 28.5 Å². The highest BCUT2D eigenvalue weighted by molar-refractivity contribution is 9.10. The molecule has 1 spiro atoms. The molecule has 3 nitrogen and oxygen atoms in total. The molecule has 132 valence electrons. The van der Waals surface area contributed by atoms with Gasteiger partial charge in [-0.3, -0.25) is 4.79 Å². The molecule has 2 aliphatic heterocycles. The number of likely N-dealkylation sites (tertiary alicyclic amines) is 1. The number of nitrogens with zero attached hydrogens (tertiary/aromatic N) is 2. The van der Waals surface area contributed by atoms with Crippen molar-refractivity contribution in [2.75, 3.05) is 32.1 Å². The predicted octanol–water partition coefficient (Wildman–Crippen LogP) is 4.00. The Morgan fingerprint density at radius 2 is 2.04 bits per heavy atom. The molecule has 3 rings (SSSR count). The first-order chi connectivity index (χ1) is 11.3. The van der Waals surface area contributed by atoms with Crippen molar-refractivity contribution in [3.8, 4) is 0 Å². The zero-order valence-electron chi connectivity index (χ0n) is 12.6. The van der Waals surface area contributed by atoms with Gasteiger partial charge in [0.05, 0.1) is 16.4 Å². The Kier molecular flexibility index (Phi) is 5.12. The number of hydrogen-bond donors (Lipinski definition) is 0. The third-order valence-electron chi connectivity index (χ3n) is 4.57. The highest BCUT2D eigenvalue weighted by atomic mass is 79.9. The van der Waals surface area contributed by atoms with E-state index in [9.17, 15) is 18.0 Å². The number of benzene rings is 1. The Morgan fingerprint density at radius 1 is 1.33 bits per heavy atom. The molecule has 0 saturated carbocycles. The molecule has 0 atom stereocenters. The molecule has 24 heavy (non-hydrogen) atoms. The molecule has 0 aliphatic carbocycles. The van der Waals surface area contributed by atoms with Gasteiger partial charge in [-0.1, -0.05) is 0 Å². The number of amides is 1. The van der Waals surface area contributed by atoms with Crippen molar-refractivity contribution in [1.29, 1.82) is 0 Å². The average Bonchev–Trinajstić information content (AvgIpc) is 2.48. The molecule has 2 saturated heterocycles. The van der Waals surface area contributed by atoms with Crippen LogP contribution in [0.3, 0.4) is 0 Å². The van der Waals surface area contributed by atoms with E-state index >= 15 is 0 Å². The summed E-state index contributed by atoms with van der Waals surface area (Å²) >= 11 is 9.67. The van der Waals surface area contributed by atoms with Crippen LogP contribution < -0.4 is 0 Å². The third kappa shape index (κ3) is 3.30. The van der Waals surface area contributed by atoms with Crippen LogP contribution in [0.1, 0.15) is 6.42 Å². The van der Waals surface area contributed by atoms with E-state index in [1.165, 1.54) is 11.0 Å². The van der Waals surface area contributed by atoms with Crippen molar-refractivity contribution < 1.29 is 18.0 Å².